The first kappa shape index (κ1) is 39.7. The van der Waals surface area contributed by atoms with Gasteiger partial charge in [0.25, 0.3) is 0 Å². The van der Waals surface area contributed by atoms with Gasteiger partial charge in [-0.25, -0.2) is 4.90 Å². The number of nitrogens with zero attached hydrogens (tertiary/aromatic N) is 4. The number of ketones is 1. The first-order valence-electron chi connectivity index (χ1n) is 20.7. The largest absolute Gasteiger partial charge is 0.504 e. The number of carbonyl (C=O) groups excluding carboxylic acids is 5. The molecule has 62 heavy (non-hydrogen) atoms. The highest BCUT2D eigenvalue weighted by molar-refractivity contribution is 7.22. The Balaban J connectivity index is 1.04. The molecule has 2 saturated heterocycles. The number of halogens is 1. The van der Waals surface area contributed by atoms with Crippen LogP contribution < -0.4 is 14.5 Å². The molecule has 0 radical (unpaired) electrons. The van der Waals surface area contributed by atoms with E-state index < -0.39 is 52.7 Å². The molecule has 13 heteroatoms. The van der Waals surface area contributed by atoms with E-state index in [4.69, 9.17) is 21.4 Å². The summed E-state index contributed by atoms with van der Waals surface area (Å²) in [5.74, 6) is -5.38. The molecule has 2 aromatic heterocycles. The second-order valence-corrected chi connectivity index (χ2v) is 18.2. The summed E-state index contributed by atoms with van der Waals surface area (Å²) in [4.78, 5) is 75.9. The number of hydrogen-bond donors (Lipinski definition) is 1. The van der Waals surface area contributed by atoms with E-state index in [1.807, 2.05) is 44.2 Å². The van der Waals surface area contributed by atoms with Crippen LogP contribution in [0.25, 0.3) is 20.7 Å². The van der Waals surface area contributed by atoms with E-state index in [0.717, 1.165) is 26.1 Å². The molecular formula is C49H41ClN4O7S. The molecule has 6 atom stereocenters. The lowest BCUT2D eigenvalue weighted by Gasteiger charge is -2.49. The van der Waals surface area contributed by atoms with E-state index in [1.54, 1.807) is 103 Å². The lowest BCUT2D eigenvalue weighted by molar-refractivity contribution is -0.131. The van der Waals surface area contributed by atoms with Crippen molar-refractivity contribution in [2.75, 3.05) is 16.4 Å². The van der Waals surface area contributed by atoms with Gasteiger partial charge < -0.3 is 9.84 Å². The van der Waals surface area contributed by atoms with Crippen LogP contribution in [0, 0.1) is 36.0 Å². The maximum Gasteiger partial charge on any atom is 0.242 e. The molecule has 4 heterocycles. The Morgan fingerprint density at radius 3 is 2.39 bits per heavy atom. The van der Waals surface area contributed by atoms with Crippen LogP contribution in [0.2, 0.25) is 5.02 Å². The van der Waals surface area contributed by atoms with Crippen molar-refractivity contribution in [3.05, 3.63) is 136 Å². The number of fused-ring (bicyclic) bond motifs is 5. The maximum absolute atomic E-state index is 15.3. The van der Waals surface area contributed by atoms with E-state index in [0.29, 0.717) is 38.9 Å². The quantitative estimate of drug-likeness (QED) is 0.0909. The fourth-order valence-corrected chi connectivity index (χ4v) is 11.9. The molecule has 1 saturated carbocycles. The number of thiophene rings is 1. The van der Waals surface area contributed by atoms with Crippen LogP contribution in [0.1, 0.15) is 59.7 Å². The van der Waals surface area contributed by atoms with Crippen molar-refractivity contribution >= 4 is 73.9 Å². The molecule has 312 valence electrons. The lowest BCUT2D eigenvalue weighted by atomic mass is 9.51. The van der Waals surface area contributed by atoms with Gasteiger partial charge in [0.05, 0.1) is 40.3 Å². The number of aromatic nitrogens is 2. The minimum atomic E-state index is -1.41. The predicted molar refractivity (Wildman–Crippen MR) is 236 cm³/mol. The molecule has 4 aliphatic rings. The summed E-state index contributed by atoms with van der Waals surface area (Å²) in [6.07, 6.45) is 2.30. The minimum absolute atomic E-state index is 0.130. The number of anilines is 2. The first-order chi connectivity index (χ1) is 29.8. The van der Waals surface area contributed by atoms with E-state index in [2.05, 4.69) is 0 Å². The Hall–Kier alpha value is -6.37. The fraction of sp³-hybridized carbons (Fsp3) is 0.265. The van der Waals surface area contributed by atoms with Gasteiger partial charge in [-0.2, -0.15) is 5.10 Å². The highest BCUT2D eigenvalue weighted by atomic mass is 35.5. The zero-order valence-corrected chi connectivity index (χ0v) is 35.9. The second kappa shape index (κ2) is 14.6. The van der Waals surface area contributed by atoms with Gasteiger partial charge in [0.15, 0.2) is 17.3 Å². The number of carbonyl (C=O) groups is 5. The van der Waals surface area contributed by atoms with Crippen molar-refractivity contribution in [3.8, 4) is 22.1 Å². The second-order valence-electron chi connectivity index (χ2n) is 16.8. The molecule has 0 unspecified atom stereocenters. The zero-order chi connectivity index (χ0) is 43.4. The number of benzene rings is 4. The Bertz CT molecular complexity index is 2940. The van der Waals surface area contributed by atoms with Crippen molar-refractivity contribution in [2.24, 2.45) is 36.1 Å². The number of imide groups is 2. The van der Waals surface area contributed by atoms with Crippen LogP contribution in [0.4, 0.5) is 11.5 Å². The number of hydrogen-bond acceptors (Lipinski definition) is 9. The number of phenols is 1. The van der Waals surface area contributed by atoms with Crippen molar-refractivity contribution in [1.82, 2.24) is 9.78 Å². The zero-order valence-electron chi connectivity index (χ0n) is 34.3. The van der Waals surface area contributed by atoms with Gasteiger partial charge in [0.1, 0.15) is 11.5 Å². The van der Waals surface area contributed by atoms with Gasteiger partial charge in [0.2, 0.25) is 23.6 Å². The number of allylic oxidation sites excluding steroid dienone is 2. The lowest BCUT2D eigenvalue weighted by Crippen LogP contribution is -2.49. The number of para-hydroxylation sites is 1. The number of aromatic hydroxyl groups is 1. The third-order valence-electron chi connectivity index (χ3n) is 13.6. The summed E-state index contributed by atoms with van der Waals surface area (Å²) in [7, 11) is 1.70. The summed E-state index contributed by atoms with van der Waals surface area (Å²) in [6.45, 7) is 5.86. The van der Waals surface area contributed by atoms with E-state index in [-0.39, 0.29) is 42.6 Å². The Labute approximate surface area is 366 Å². The Morgan fingerprint density at radius 1 is 0.903 bits per heavy atom. The van der Waals surface area contributed by atoms with Crippen LogP contribution in [-0.2, 0) is 26.2 Å². The third kappa shape index (κ3) is 5.76. The Morgan fingerprint density at radius 2 is 1.65 bits per heavy atom. The average Bonchev–Trinajstić information content (AvgIpc) is 3.94. The van der Waals surface area contributed by atoms with Gasteiger partial charge in [-0.1, -0.05) is 65.7 Å². The molecular weight excluding hydrogens is 824 g/mol. The molecule has 0 spiro atoms. The smallest absolute Gasteiger partial charge is 0.242 e. The minimum Gasteiger partial charge on any atom is -0.504 e. The van der Waals surface area contributed by atoms with Crippen molar-refractivity contribution in [1.29, 1.82) is 0 Å². The summed E-state index contributed by atoms with van der Waals surface area (Å²) in [5.41, 5.74) is 2.60. The van der Waals surface area contributed by atoms with Crippen LogP contribution >= 0.6 is 22.9 Å². The monoisotopic (exact) mass is 864 g/mol. The molecule has 4 aromatic carbocycles. The molecule has 6 aromatic rings. The molecule has 4 amide bonds. The number of phenolic OH excluding ortho intramolecular Hbond substituents is 1. The molecule has 3 fully saturated rings. The van der Waals surface area contributed by atoms with Gasteiger partial charge in [-0.15, -0.1) is 11.3 Å². The highest BCUT2D eigenvalue weighted by Crippen LogP contribution is 2.65. The van der Waals surface area contributed by atoms with Crippen LogP contribution in [0.15, 0.2) is 109 Å². The molecule has 1 N–H and O–H groups in total. The number of rotatable bonds is 8. The van der Waals surface area contributed by atoms with Crippen molar-refractivity contribution in [3.63, 3.8) is 0 Å². The summed E-state index contributed by atoms with van der Waals surface area (Å²) in [6, 6.07) is 27.9. The molecule has 0 bridgehead atoms. The summed E-state index contributed by atoms with van der Waals surface area (Å²) in [5, 5.41) is 18.3. The van der Waals surface area contributed by atoms with Crippen molar-refractivity contribution in [2.45, 2.75) is 39.5 Å². The van der Waals surface area contributed by atoms with Crippen LogP contribution in [-0.4, -0.2) is 50.9 Å². The summed E-state index contributed by atoms with van der Waals surface area (Å²) >= 11 is 7.89. The van der Waals surface area contributed by atoms with Crippen LogP contribution in [0.3, 0.4) is 0 Å². The number of amides is 4. The number of ether oxygens (including phenoxy) is 1. The fourth-order valence-electron chi connectivity index (χ4n) is 10.6. The summed E-state index contributed by atoms with van der Waals surface area (Å²) < 4.78 is 8.39. The van der Waals surface area contributed by atoms with E-state index in [1.165, 1.54) is 9.80 Å². The topological polar surface area (TPSA) is 139 Å². The van der Waals surface area contributed by atoms with Gasteiger partial charge in [0, 0.05) is 45.4 Å². The molecule has 10 rings (SSSR count). The first-order valence-corrected chi connectivity index (χ1v) is 21.9. The molecule has 2 aliphatic heterocycles. The maximum atomic E-state index is 15.3. The number of aryl methyl sites for hydroxylation is 2. The van der Waals surface area contributed by atoms with E-state index in [9.17, 15) is 19.5 Å². The normalized spacial score (nSPS) is 24.3. The van der Waals surface area contributed by atoms with Gasteiger partial charge >= 0.3 is 0 Å². The van der Waals surface area contributed by atoms with Gasteiger partial charge in [-0.05, 0) is 99.0 Å². The van der Waals surface area contributed by atoms with Crippen LogP contribution in [0.5, 0.6) is 11.5 Å². The molecule has 2 aliphatic carbocycles. The van der Waals surface area contributed by atoms with Gasteiger partial charge in [-0.3, -0.25) is 33.6 Å². The SMILES string of the molecule is CCOc1cccc([C@H]2C3=CC[C@@H]4C(=O)N(c5ccc(C(=O)c6ccccc6)cc5)C(=O)[C@@H]4[C@@H]3C[C@H]3C(=O)N(c4cc(-c5sc6ccc(Cl)cc6c5C)nn4C)C(=O)[C@@]23C)c1O. The Kier molecular flexibility index (Phi) is 9.38. The highest BCUT2D eigenvalue weighted by Gasteiger charge is 2.68. The predicted octanol–water partition coefficient (Wildman–Crippen LogP) is 9.03. The van der Waals surface area contributed by atoms with Crippen molar-refractivity contribution < 1.29 is 33.8 Å². The third-order valence-corrected chi connectivity index (χ3v) is 15.1. The standard InChI is InChI=1S/C49H41ClN4O7S/c1-5-61-37-13-9-12-32(43(37)56)41-30-19-20-31-40(47(59)53(45(31)57)29-17-14-27(15-18-29)42(55)26-10-7-6-8-11-26)34(30)23-35-46(58)54(48(60)49(35,41)3)39-24-36(51-52(39)4)44-25(2)33-22-28(50)16-21-38(33)62-44/h6-19,21-22,24,31,34-35,40-41,56H,5,20,23H2,1-4H3/t31-,34+,35-,40-,41+,49+/m0/s1. The van der Waals surface area contributed by atoms with E-state index >= 15 is 9.59 Å². The average molecular weight is 865 g/mol. The molecule has 11 nitrogen and oxygen atoms in total.